The third-order valence-electron chi connectivity index (χ3n) is 3.01. The number of nitrogens with zero attached hydrogens (tertiary/aromatic N) is 1. The lowest BCUT2D eigenvalue weighted by Crippen LogP contribution is -2.35. The number of carbonyl (C=O) groups excluding carboxylic acids is 1. The average Bonchev–Trinajstić information content (AvgIpc) is 2.67. The quantitative estimate of drug-likeness (QED) is 0.666. The normalized spacial score (nSPS) is 23.1. The summed E-state index contributed by atoms with van der Waals surface area (Å²) in [6.45, 7) is 5.18. The topological polar surface area (TPSA) is 29.5 Å². The van der Waals surface area contributed by atoms with Crippen LogP contribution in [-0.4, -0.2) is 37.0 Å². The van der Waals surface area contributed by atoms with Gasteiger partial charge in [0, 0.05) is 24.4 Å². The molecule has 3 nitrogen and oxygen atoms in total. The Balaban J connectivity index is 2.13. The number of rotatable bonds is 2. The van der Waals surface area contributed by atoms with E-state index < -0.39 is 0 Å². The van der Waals surface area contributed by atoms with Gasteiger partial charge in [-0.05, 0) is 26.2 Å². The highest BCUT2D eigenvalue weighted by molar-refractivity contribution is 5.94. The van der Waals surface area contributed by atoms with Gasteiger partial charge in [-0.25, -0.2) is 0 Å². The van der Waals surface area contributed by atoms with Crippen LogP contribution in [0.5, 0.6) is 0 Å². The van der Waals surface area contributed by atoms with E-state index in [9.17, 15) is 4.79 Å². The molecule has 1 heterocycles. The van der Waals surface area contributed by atoms with E-state index in [1.165, 1.54) is 5.70 Å². The van der Waals surface area contributed by atoms with E-state index in [1.54, 1.807) is 6.92 Å². The van der Waals surface area contributed by atoms with E-state index in [1.807, 2.05) is 0 Å². The van der Waals surface area contributed by atoms with Gasteiger partial charge < -0.3 is 9.64 Å². The molecule has 0 aromatic carbocycles. The SMILES string of the molecule is CC(=O)C1=C(N2CCOCC2)CCC1. The number of ether oxygens (including phenoxy) is 1. The van der Waals surface area contributed by atoms with Crippen molar-refractivity contribution in [1.29, 1.82) is 0 Å². The standard InChI is InChI=1S/C11H17NO2/c1-9(13)10-3-2-4-11(10)12-5-7-14-8-6-12/h2-8H2,1H3. The van der Waals surface area contributed by atoms with Gasteiger partial charge in [-0.15, -0.1) is 0 Å². The fourth-order valence-corrected chi connectivity index (χ4v) is 2.29. The van der Waals surface area contributed by atoms with Crippen molar-refractivity contribution >= 4 is 5.78 Å². The van der Waals surface area contributed by atoms with Crippen molar-refractivity contribution in [3.63, 3.8) is 0 Å². The molecule has 0 bridgehead atoms. The Morgan fingerprint density at radius 1 is 1.29 bits per heavy atom. The van der Waals surface area contributed by atoms with E-state index in [0.29, 0.717) is 0 Å². The van der Waals surface area contributed by atoms with Crippen molar-refractivity contribution < 1.29 is 9.53 Å². The Hall–Kier alpha value is -0.830. The number of hydrogen-bond donors (Lipinski definition) is 0. The highest BCUT2D eigenvalue weighted by Crippen LogP contribution is 2.29. The van der Waals surface area contributed by atoms with Gasteiger partial charge in [0.25, 0.3) is 0 Å². The minimum absolute atomic E-state index is 0.254. The number of allylic oxidation sites excluding steroid dienone is 2. The highest BCUT2D eigenvalue weighted by Gasteiger charge is 2.23. The molecule has 0 aromatic heterocycles. The van der Waals surface area contributed by atoms with Gasteiger partial charge in [-0.2, -0.15) is 0 Å². The molecule has 1 fully saturated rings. The Labute approximate surface area is 84.7 Å². The first-order chi connectivity index (χ1) is 6.79. The highest BCUT2D eigenvalue weighted by atomic mass is 16.5. The van der Waals surface area contributed by atoms with E-state index in [4.69, 9.17) is 4.74 Å². The molecular weight excluding hydrogens is 178 g/mol. The molecule has 14 heavy (non-hydrogen) atoms. The Kier molecular flexibility index (Phi) is 2.87. The van der Waals surface area contributed by atoms with Crippen LogP contribution in [0.15, 0.2) is 11.3 Å². The maximum absolute atomic E-state index is 11.4. The van der Waals surface area contributed by atoms with Gasteiger partial charge in [0.15, 0.2) is 5.78 Å². The summed E-state index contributed by atoms with van der Waals surface area (Å²) in [6.07, 6.45) is 3.19. The van der Waals surface area contributed by atoms with Crippen molar-refractivity contribution in [3.8, 4) is 0 Å². The van der Waals surface area contributed by atoms with Crippen molar-refractivity contribution in [1.82, 2.24) is 4.90 Å². The van der Waals surface area contributed by atoms with Crippen LogP contribution in [0, 0.1) is 0 Å². The van der Waals surface area contributed by atoms with E-state index in [2.05, 4.69) is 4.90 Å². The zero-order chi connectivity index (χ0) is 9.97. The first-order valence-corrected chi connectivity index (χ1v) is 5.34. The van der Waals surface area contributed by atoms with Crippen LogP contribution < -0.4 is 0 Å². The fraction of sp³-hybridized carbons (Fsp3) is 0.727. The Bertz CT molecular complexity index is 264. The van der Waals surface area contributed by atoms with Gasteiger partial charge in [0.05, 0.1) is 13.2 Å². The van der Waals surface area contributed by atoms with Crippen LogP contribution in [0.25, 0.3) is 0 Å². The molecular formula is C11H17NO2. The third kappa shape index (κ3) is 1.82. The summed E-state index contributed by atoms with van der Waals surface area (Å²) in [7, 11) is 0. The molecule has 0 N–H and O–H groups in total. The first kappa shape index (κ1) is 9.71. The smallest absolute Gasteiger partial charge is 0.157 e. The molecule has 78 valence electrons. The lowest BCUT2D eigenvalue weighted by Gasteiger charge is -2.30. The van der Waals surface area contributed by atoms with Crippen LogP contribution >= 0.6 is 0 Å². The Morgan fingerprint density at radius 3 is 2.64 bits per heavy atom. The van der Waals surface area contributed by atoms with Crippen molar-refractivity contribution in [2.24, 2.45) is 0 Å². The Morgan fingerprint density at radius 2 is 2.00 bits per heavy atom. The van der Waals surface area contributed by atoms with Crippen molar-refractivity contribution in [2.45, 2.75) is 26.2 Å². The molecule has 0 unspecified atom stereocenters. The molecule has 2 aliphatic rings. The second-order valence-corrected chi connectivity index (χ2v) is 3.93. The van der Waals surface area contributed by atoms with Gasteiger partial charge >= 0.3 is 0 Å². The summed E-state index contributed by atoms with van der Waals surface area (Å²) in [6, 6.07) is 0. The third-order valence-corrected chi connectivity index (χ3v) is 3.01. The lowest BCUT2D eigenvalue weighted by molar-refractivity contribution is -0.113. The minimum Gasteiger partial charge on any atom is -0.378 e. The molecule has 0 aromatic rings. The van der Waals surface area contributed by atoms with Crippen LogP contribution in [0.4, 0.5) is 0 Å². The minimum atomic E-state index is 0.254. The number of ketones is 1. The molecule has 1 aliphatic heterocycles. The van der Waals surface area contributed by atoms with Crippen molar-refractivity contribution in [2.75, 3.05) is 26.3 Å². The molecule has 0 amide bonds. The molecule has 0 spiro atoms. The van der Waals surface area contributed by atoms with Crippen LogP contribution in [0.3, 0.4) is 0 Å². The lowest BCUT2D eigenvalue weighted by atomic mass is 10.1. The molecule has 3 heteroatoms. The number of Topliss-reactive ketones (excluding diaryl/α,β-unsaturated/α-hetero) is 1. The van der Waals surface area contributed by atoms with E-state index in [-0.39, 0.29) is 5.78 Å². The van der Waals surface area contributed by atoms with Crippen molar-refractivity contribution in [3.05, 3.63) is 11.3 Å². The molecule has 0 atom stereocenters. The van der Waals surface area contributed by atoms with Gasteiger partial charge in [-0.3, -0.25) is 4.79 Å². The predicted molar refractivity (Wildman–Crippen MR) is 54.0 cm³/mol. The monoisotopic (exact) mass is 195 g/mol. The van der Waals surface area contributed by atoms with Crippen LogP contribution in [-0.2, 0) is 9.53 Å². The number of morpholine rings is 1. The average molecular weight is 195 g/mol. The molecule has 2 rings (SSSR count). The largest absolute Gasteiger partial charge is 0.378 e. The van der Waals surface area contributed by atoms with Crippen LogP contribution in [0.2, 0.25) is 0 Å². The first-order valence-electron chi connectivity index (χ1n) is 5.34. The summed E-state index contributed by atoms with van der Waals surface area (Å²) in [5, 5.41) is 0. The molecule has 1 aliphatic carbocycles. The maximum Gasteiger partial charge on any atom is 0.157 e. The number of carbonyl (C=O) groups is 1. The van der Waals surface area contributed by atoms with Crippen LogP contribution in [0.1, 0.15) is 26.2 Å². The summed E-state index contributed by atoms with van der Waals surface area (Å²) >= 11 is 0. The summed E-state index contributed by atoms with van der Waals surface area (Å²) in [4.78, 5) is 13.7. The predicted octanol–water partition coefficient (Wildman–Crippen LogP) is 1.35. The second-order valence-electron chi connectivity index (χ2n) is 3.93. The van der Waals surface area contributed by atoms with E-state index in [0.717, 1.165) is 51.1 Å². The summed E-state index contributed by atoms with van der Waals surface area (Å²) in [5.41, 5.74) is 2.35. The molecule has 0 radical (unpaired) electrons. The van der Waals surface area contributed by atoms with Gasteiger partial charge in [0.1, 0.15) is 0 Å². The molecule has 1 saturated heterocycles. The number of hydrogen-bond acceptors (Lipinski definition) is 3. The summed E-state index contributed by atoms with van der Waals surface area (Å²) in [5.74, 6) is 0.254. The second kappa shape index (κ2) is 4.13. The zero-order valence-electron chi connectivity index (χ0n) is 8.71. The zero-order valence-corrected chi connectivity index (χ0v) is 8.71. The fourth-order valence-electron chi connectivity index (χ4n) is 2.29. The molecule has 0 saturated carbocycles. The summed E-state index contributed by atoms with van der Waals surface area (Å²) < 4.78 is 5.31. The van der Waals surface area contributed by atoms with Gasteiger partial charge in [-0.1, -0.05) is 0 Å². The maximum atomic E-state index is 11.4. The van der Waals surface area contributed by atoms with E-state index >= 15 is 0 Å². The van der Waals surface area contributed by atoms with Gasteiger partial charge in [0.2, 0.25) is 0 Å².